The van der Waals surface area contributed by atoms with Gasteiger partial charge in [0.15, 0.2) is 5.60 Å². The molecule has 2 aliphatic rings. The van der Waals surface area contributed by atoms with Crippen molar-refractivity contribution in [2.24, 2.45) is 0 Å². The minimum absolute atomic E-state index is 0.153. The molecule has 0 aromatic rings. The Morgan fingerprint density at radius 1 is 1.55 bits per heavy atom. The van der Waals surface area contributed by atoms with Gasteiger partial charge in [-0.05, 0) is 18.4 Å². The second kappa shape index (κ2) is 2.13. The maximum Gasteiger partial charge on any atom is 0.169 e. The fourth-order valence-electron chi connectivity index (χ4n) is 1.79. The van der Waals surface area contributed by atoms with Crippen molar-refractivity contribution in [3.63, 3.8) is 0 Å². The molecule has 0 spiro atoms. The van der Waals surface area contributed by atoms with E-state index in [1.807, 2.05) is 0 Å². The van der Waals surface area contributed by atoms with Crippen molar-refractivity contribution in [1.29, 1.82) is 0 Å². The van der Waals surface area contributed by atoms with Gasteiger partial charge in [0.2, 0.25) is 0 Å². The Kier molecular flexibility index (Phi) is 1.35. The molecule has 0 N–H and O–H groups in total. The highest BCUT2D eigenvalue weighted by molar-refractivity contribution is 5.41. The van der Waals surface area contributed by atoms with Gasteiger partial charge < -0.3 is 4.74 Å². The summed E-state index contributed by atoms with van der Waals surface area (Å²) in [4.78, 5) is 0. The Labute approximate surface area is 67.7 Å². The molecule has 1 heterocycles. The van der Waals surface area contributed by atoms with Gasteiger partial charge in [-0.15, -0.1) is 0 Å². The van der Waals surface area contributed by atoms with Crippen molar-refractivity contribution in [2.45, 2.75) is 38.7 Å². The molecule has 0 saturated carbocycles. The Balaban J connectivity index is 2.27. The van der Waals surface area contributed by atoms with E-state index in [1.54, 1.807) is 0 Å². The van der Waals surface area contributed by atoms with Crippen LogP contribution < -0.4 is 0 Å². The molecule has 1 fully saturated rings. The summed E-state index contributed by atoms with van der Waals surface area (Å²) < 4.78 is 5.64. The quantitative estimate of drug-likeness (QED) is 0.551. The van der Waals surface area contributed by atoms with Gasteiger partial charge in [-0.1, -0.05) is 26.0 Å². The Hall–Kier alpha value is -0.720. The zero-order valence-corrected chi connectivity index (χ0v) is 7.18. The minimum atomic E-state index is 0.153. The van der Waals surface area contributed by atoms with Gasteiger partial charge in [0.05, 0.1) is 0 Å². The molecule has 1 aliphatic carbocycles. The van der Waals surface area contributed by atoms with E-state index >= 15 is 0 Å². The third-order valence-electron chi connectivity index (χ3n) is 2.68. The lowest BCUT2D eigenvalue weighted by Gasteiger charge is -2.06. The molecular formula is C10H14O. The lowest BCUT2D eigenvalue weighted by Crippen LogP contribution is -2.08. The lowest BCUT2D eigenvalue weighted by atomic mass is 9.93. The molecule has 0 aromatic carbocycles. The van der Waals surface area contributed by atoms with Crippen molar-refractivity contribution in [3.05, 3.63) is 23.5 Å². The predicted molar refractivity (Wildman–Crippen MR) is 45.2 cm³/mol. The third kappa shape index (κ3) is 0.834. The highest BCUT2D eigenvalue weighted by Crippen LogP contribution is 2.51. The van der Waals surface area contributed by atoms with E-state index in [1.165, 1.54) is 11.3 Å². The smallest absolute Gasteiger partial charge is 0.169 e. The first-order chi connectivity index (χ1) is 5.32. The van der Waals surface area contributed by atoms with Crippen LogP contribution >= 0.6 is 0 Å². The summed E-state index contributed by atoms with van der Waals surface area (Å²) in [6.45, 7) is 4.37. The van der Waals surface area contributed by atoms with Crippen molar-refractivity contribution in [3.8, 4) is 0 Å². The summed E-state index contributed by atoms with van der Waals surface area (Å²) >= 11 is 0. The Bertz CT molecular complexity index is 237. The van der Waals surface area contributed by atoms with E-state index in [4.69, 9.17) is 4.74 Å². The van der Waals surface area contributed by atoms with E-state index in [-0.39, 0.29) is 5.60 Å². The van der Waals surface area contributed by atoms with Gasteiger partial charge in [0.1, 0.15) is 5.76 Å². The molecule has 0 aromatic heterocycles. The number of rotatable bonds is 2. The van der Waals surface area contributed by atoms with Crippen molar-refractivity contribution >= 4 is 0 Å². The van der Waals surface area contributed by atoms with E-state index in [0.29, 0.717) is 0 Å². The maximum atomic E-state index is 5.64. The number of fused-ring (bicyclic) bond motifs is 1. The van der Waals surface area contributed by atoms with Crippen LogP contribution in [0.4, 0.5) is 0 Å². The maximum absolute atomic E-state index is 5.64. The van der Waals surface area contributed by atoms with Crippen LogP contribution in [0.3, 0.4) is 0 Å². The predicted octanol–water partition coefficient (Wildman–Crippen LogP) is 2.79. The topological polar surface area (TPSA) is 12.5 Å². The summed E-state index contributed by atoms with van der Waals surface area (Å²) in [5, 5.41) is 0. The molecule has 1 unspecified atom stereocenters. The molecule has 11 heavy (non-hydrogen) atoms. The van der Waals surface area contributed by atoms with Crippen molar-refractivity contribution in [2.75, 3.05) is 0 Å². The average Bonchev–Trinajstić information content (AvgIpc) is 2.78. The molecule has 0 amide bonds. The van der Waals surface area contributed by atoms with Crippen LogP contribution in [0, 0.1) is 0 Å². The molecule has 1 aliphatic heterocycles. The SMILES string of the molecule is CCC1=C2OC2(CC)CC=C1. The van der Waals surface area contributed by atoms with Crippen LogP contribution in [0.2, 0.25) is 0 Å². The van der Waals surface area contributed by atoms with Gasteiger partial charge in [-0.3, -0.25) is 0 Å². The van der Waals surface area contributed by atoms with Crippen LogP contribution in [0.5, 0.6) is 0 Å². The first-order valence-electron chi connectivity index (χ1n) is 4.41. The zero-order valence-electron chi connectivity index (χ0n) is 7.18. The highest BCUT2D eigenvalue weighted by Gasteiger charge is 2.52. The monoisotopic (exact) mass is 150 g/mol. The molecule has 1 nitrogen and oxygen atoms in total. The number of ether oxygens (including phenoxy) is 1. The van der Waals surface area contributed by atoms with Crippen LogP contribution in [-0.2, 0) is 4.74 Å². The van der Waals surface area contributed by atoms with Gasteiger partial charge in [0, 0.05) is 6.42 Å². The molecule has 0 bridgehead atoms. The normalized spacial score (nSPS) is 33.3. The molecule has 1 atom stereocenters. The minimum Gasteiger partial charge on any atom is -0.479 e. The standard InChI is InChI=1S/C10H14O/c1-3-8-6-5-7-10(4-2)9(8)11-10/h5-6H,3-4,7H2,1-2H3. The molecule has 1 saturated heterocycles. The van der Waals surface area contributed by atoms with Gasteiger partial charge in [-0.2, -0.15) is 0 Å². The summed E-state index contributed by atoms with van der Waals surface area (Å²) in [6.07, 6.45) is 7.75. The fourth-order valence-corrected chi connectivity index (χ4v) is 1.79. The van der Waals surface area contributed by atoms with Crippen LogP contribution in [-0.4, -0.2) is 5.60 Å². The van der Waals surface area contributed by atoms with Crippen LogP contribution in [0.25, 0.3) is 0 Å². The molecule has 1 heteroatoms. The molecule has 60 valence electrons. The summed E-state index contributed by atoms with van der Waals surface area (Å²) in [6, 6.07) is 0. The Morgan fingerprint density at radius 3 is 3.00 bits per heavy atom. The highest BCUT2D eigenvalue weighted by atomic mass is 16.6. The third-order valence-corrected chi connectivity index (χ3v) is 2.68. The van der Waals surface area contributed by atoms with E-state index in [2.05, 4.69) is 26.0 Å². The zero-order chi connectivity index (χ0) is 7.90. The summed E-state index contributed by atoms with van der Waals surface area (Å²) in [5.74, 6) is 1.27. The molecular weight excluding hydrogens is 136 g/mol. The second-order valence-electron chi connectivity index (χ2n) is 3.26. The van der Waals surface area contributed by atoms with Gasteiger partial charge >= 0.3 is 0 Å². The van der Waals surface area contributed by atoms with Crippen molar-refractivity contribution < 1.29 is 4.74 Å². The average molecular weight is 150 g/mol. The van der Waals surface area contributed by atoms with E-state index in [0.717, 1.165) is 19.3 Å². The number of epoxide rings is 1. The number of hydrogen-bond donors (Lipinski definition) is 0. The van der Waals surface area contributed by atoms with Gasteiger partial charge in [-0.25, -0.2) is 0 Å². The number of hydrogen-bond acceptors (Lipinski definition) is 1. The summed E-state index contributed by atoms with van der Waals surface area (Å²) in [7, 11) is 0. The molecule has 2 rings (SSSR count). The first kappa shape index (κ1) is 6.96. The fraction of sp³-hybridized carbons (Fsp3) is 0.600. The van der Waals surface area contributed by atoms with E-state index in [9.17, 15) is 0 Å². The first-order valence-corrected chi connectivity index (χ1v) is 4.41. The van der Waals surface area contributed by atoms with Gasteiger partial charge in [0.25, 0.3) is 0 Å². The number of allylic oxidation sites excluding steroid dienone is 2. The van der Waals surface area contributed by atoms with Crippen LogP contribution in [0.15, 0.2) is 23.5 Å². The molecule has 0 radical (unpaired) electrons. The summed E-state index contributed by atoms with van der Waals surface area (Å²) in [5.41, 5.74) is 1.55. The van der Waals surface area contributed by atoms with E-state index < -0.39 is 0 Å². The van der Waals surface area contributed by atoms with Crippen LogP contribution in [0.1, 0.15) is 33.1 Å². The largest absolute Gasteiger partial charge is 0.479 e. The van der Waals surface area contributed by atoms with Crippen molar-refractivity contribution in [1.82, 2.24) is 0 Å². The lowest BCUT2D eigenvalue weighted by molar-refractivity contribution is 0.304. The second-order valence-corrected chi connectivity index (χ2v) is 3.26. The Morgan fingerprint density at radius 2 is 2.36 bits per heavy atom.